The maximum atomic E-state index is 0. The molecule has 0 aromatic rings. The molecule has 0 atom stereocenters. The van der Waals surface area contributed by atoms with Crippen LogP contribution in [-0.4, -0.2) is 0 Å². The van der Waals surface area contributed by atoms with Gasteiger partial charge in [0.2, 0.25) is 0 Å². The van der Waals surface area contributed by atoms with Crippen molar-refractivity contribution in [2.24, 2.45) is 0 Å². The van der Waals surface area contributed by atoms with Crippen molar-refractivity contribution in [3.63, 3.8) is 0 Å². The van der Waals surface area contributed by atoms with Gasteiger partial charge in [-0.2, -0.15) is 0 Å². The predicted octanol–water partition coefficient (Wildman–Crippen LogP) is 0.458. The molecule has 0 rings (SSSR count). The van der Waals surface area contributed by atoms with Crippen molar-refractivity contribution in [1.82, 2.24) is 0 Å². The van der Waals surface area contributed by atoms with Crippen LogP contribution in [0, 0.1) is 38.6 Å². The van der Waals surface area contributed by atoms with Crippen LogP contribution in [0.3, 0.4) is 0 Å². The van der Waals surface area contributed by atoms with Crippen LogP contribution in [0.5, 0.6) is 0 Å². The molecule has 0 fully saturated rings. The van der Waals surface area contributed by atoms with Gasteiger partial charge in [0, 0.05) is 38.6 Å². The summed E-state index contributed by atoms with van der Waals surface area (Å²) in [5.74, 6) is 0. The van der Waals surface area contributed by atoms with Crippen LogP contribution in [0.15, 0.2) is 0 Å². The van der Waals surface area contributed by atoms with Crippen LogP contribution in [0.25, 0.3) is 0 Å². The molecule has 0 aliphatic rings. The summed E-state index contributed by atoms with van der Waals surface area (Å²) < 4.78 is 0. The number of rotatable bonds is 0. The molecule has 33 valence electrons. The van der Waals surface area contributed by atoms with E-state index in [-0.39, 0.29) is 52.7 Å². The predicted molar refractivity (Wildman–Crippen MR) is 7.51 cm³/mol. The van der Waals surface area contributed by atoms with E-state index in [1.54, 1.807) is 0 Å². The molecule has 1 radical (unpaired) electrons. The zero-order valence-electron chi connectivity index (χ0n) is 1.56. The normalized spacial score (nSPS) is 0. The van der Waals surface area contributed by atoms with Crippen molar-refractivity contribution < 1.29 is 52.7 Å². The first kappa shape index (κ1) is 72.9. The Labute approximate surface area is 52.5 Å². The maximum Gasteiger partial charge on any atom is 0 e. The van der Waals surface area contributed by atoms with E-state index in [0.717, 1.165) is 0 Å². The average molecular weight is 219 g/mol. The Hall–Kier alpha value is 1.08. The van der Waals surface area contributed by atoms with Gasteiger partial charge in [0.15, 0.2) is 0 Å². The van der Waals surface area contributed by atoms with Gasteiger partial charge >= 0.3 is 0 Å². The standard InChI is InChI=1S/3FH.Tb/h3*1H;. The molecule has 0 aliphatic heterocycles. The zero-order valence-corrected chi connectivity index (χ0v) is 3.70. The second-order valence-electron chi connectivity index (χ2n) is 0. The van der Waals surface area contributed by atoms with Crippen molar-refractivity contribution in [2.75, 3.05) is 0 Å². The molecule has 4 heteroatoms. The summed E-state index contributed by atoms with van der Waals surface area (Å²) in [5.41, 5.74) is 0. The summed E-state index contributed by atoms with van der Waals surface area (Å²) >= 11 is 0. The third-order valence-corrected chi connectivity index (χ3v) is 0. The van der Waals surface area contributed by atoms with Crippen LogP contribution in [0.4, 0.5) is 14.1 Å². The second kappa shape index (κ2) is 33.3. The van der Waals surface area contributed by atoms with E-state index in [0.29, 0.717) is 0 Å². The Morgan fingerprint density at radius 3 is 0.500 bits per heavy atom. The fourth-order valence-electron chi connectivity index (χ4n) is 0. The third kappa shape index (κ3) is 11.5. The SMILES string of the molecule is F.F.F.[Tb]. The molecule has 0 nitrogen and oxygen atoms in total. The summed E-state index contributed by atoms with van der Waals surface area (Å²) in [7, 11) is 0. The van der Waals surface area contributed by atoms with Gasteiger partial charge in [-0.3, -0.25) is 14.1 Å². The minimum absolute atomic E-state index is 0. The third-order valence-electron chi connectivity index (χ3n) is 0. The van der Waals surface area contributed by atoms with Gasteiger partial charge in [-0.05, 0) is 0 Å². The number of halogens is 3. The van der Waals surface area contributed by atoms with Crippen LogP contribution in [0.1, 0.15) is 0 Å². The molecule has 0 saturated heterocycles. The average Bonchev–Trinajstić information content (AvgIpc) is 0. The molecule has 0 heterocycles. The van der Waals surface area contributed by atoms with Crippen LogP contribution in [0.2, 0.25) is 0 Å². The first-order chi connectivity index (χ1) is 0. The minimum atomic E-state index is 0. The molecule has 0 N–H and O–H groups in total. The minimum Gasteiger partial charge on any atom is -0.269 e. The van der Waals surface area contributed by atoms with Gasteiger partial charge < -0.3 is 0 Å². The van der Waals surface area contributed by atoms with Crippen LogP contribution < -0.4 is 0 Å². The maximum absolute atomic E-state index is 0. The number of hydrogen-bond donors (Lipinski definition) is 0. The Kier molecular flexibility index (Phi) is 607. The molecule has 0 spiro atoms. The molecule has 0 aromatic carbocycles. The van der Waals surface area contributed by atoms with Gasteiger partial charge in [-0.15, -0.1) is 0 Å². The van der Waals surface area contributed by atoms with E-state index in [1.807, 2.05) is 0 Å². The Bertz CT molecular complexity index is 3.25. The number of hydrogen-bond acceptors (Lipinski definition) is 0. The summed E-state index contributed by atoms with van der Waals surface area (Å²) in [6.45, 7) is 0. The largest absolute Gasteiger partial charge is 0.269 e. The summed E-state index contributed by atoms with van der Waals surface area (Å²) in [4.78, 5) is 0. The van der Waals surface area contributed by atoms with E-state index in [4.69, 9.17) is 0 Å². The molecular formula is H3F3Tb. The van der Waals surface area contributed by atoms with E-state index in [1.165, 1.54) is 0 Å². The second-order valence-corrected chi connectivity index (χ2v) is 0. The fraction of sp³-hybridized carbons (Fsp3) is 0. The Balaban J connectivity index is 0. The quantitative estimate of drug-likeness (QED) is 0.555. The summed E-state index contributed by atoms with van der Waals surface area (Å²) in [6, 6.07) is 0. The Morgan fingerprint density at radius 2 is 0.500 bits per heavy atom. The topological polar surface area (TPSA) is 0 Å². The van der Waals surface area contributed by atoms with Gasteiger partial charge in [0.1, 0.15) is 0 Å². The van der Waals surface area contributed by atoms with Gasteiger partial charge in [0.05, 0.1) is 0 Å². The zero-order chi connectivity index (χ0) is 0. The monoisotopic (exact) mass is 219 g/mol. The van der Waals surface area contributed by atoms with Crippen LogP contribution >= 0.6 is 0 Å². The van der Waals surface area contributed by atoms with E-state index in [9.17, 15) is 0 Å². The fourth-order valence-corrected chi connectivity index (χ4v) is 0. The van der Waals surface area contributed by atoms with E-state index >= 15 is 0 Å². The van der Waals surface area contributed by atoms with Crippen molar-refractivity contribution >= 4 is 0 Å². The van der Waals surface area contributed by atoms with Crippen molar-refractivity contribution in [3.05, 3.63) is 0 Å². The van der Waals surface area contributed by atoms with Gasteiger partial charge in [-0.1, -0.05) is 0 Å². The molecule has 4 heavy (non-hydrogen) atoms. The molecule has 0 saturated carbocycles. The van der Waals surface area contributed by atoms with Gasteiger partial charge in [0.25, 0.3) is 0 Å². The first-order valence-corrected chi connectivity index (χ1v) is 0. The van der Waals surface area contributed by atoms with Gasteiger partial charge in [-0.25, -0.2) is 0 Å². The molecular weight excluding hydrogens is 216 g/mol. The Morgan fingerprint density at radius 1 is 0.500 bits per heavy atom. The van der Waals surface area contributed by atoms with Crippen LogP contribution in [-0.2, 0) is 0 Å². The van der Waals surface area contributed by atoms with Crippen molar-refractivity contribution in [3.8, 4) is 0 Å². The van der Waals surface area contributed by atoms with E-state index in [2.05, 4.69) is 0 Å². The smallest absolute Gasteiger partial charge is 0 e. The molecule has 0 amide bonds. The molecule has 0 aromatic heterocycles. The molecule has 0 aliphatic carbocycles. The van der Waals surface area contributed by atoms with E-state index < -0.39 is 0 Å². The van der Waals surface area contributed by atoms with Crippen molar-refractivity contribution in [1.29, 1.82) is 0 Å². The summed E-state index contributed by atoms with van der Waals surface area (Å²) in [6.07, 6.45) is 0. The first-order valence-electron chi connectivity index (χ1n) is 0. The molecule has 0 unspecified atom stereocenters. The summed E-state index contributed by atoms with van der Waals surface area (Å²) in [5, 5.41) is 0. The molecule has 0 bridgehead atoms. The van der Waals surface area contributed by atoms with Crippen molar-refractivity contribution in [2.45, 2.75) is 0 Å².